The molecular formula is C18H23N3O4. The number of benzene rings is 1. The number of carboxylic acid groups (broad SMARTS) is 1. The van der Waals surface area contributed by atoms with E-state index in [1.807, 2.05) is 30.3 Å². The first-order valence-corrected chi connectivity index (χ1v) is 7.98. The van der Waals surface area contributed by atoms with Crippen molar-refractivity contribution in [1.29, 1.82) is 0 Å². The third-order valence-electron chi connectivity index (χ3n) is 3.43. The number of aryl methyl sites for hydroxylation is 1. The van der Waals surface area contributed by atoms with Gasteiger partial charge in [0.1, 0.15) is 11.6 Å². The minimum absolute atomic E-state index is 0.118. The molecule has 1 aromatic heterocycles. The van der Waals surface area contributed by atoms with Crippen LogP contribution in [0.4, 0.5) is 4.79 Å². The molecule has 1 heterocycles. The molecule has 0 spiro atoms. The van der Waals surface area contributed by atoms with Gasteiger partial charge in [0.25, 0.3) is 0 Å². The molecule has 0 aliphatic carbocycles. The van der Waals surface area contributed by atoms with Gasteiger partial charge in [-0.3, -0.25) is 0 Å². The number of hydrogen-bond donors (Lipinski definition) is 2. The van der Waals surface area contributed by atoms with E-state index in [9.17, 15) is 14.7 Å². The van der Waals surface area contributed by atoms with E-state index < -0.39 is 23.7 Å². The number of carbonyl (C=O) groups excluding carboxylic acids is 1. The molecule has 1 amide bonds. The maximum atomic E-state index is 11.9. The van der Waals surface area contributed by atoms with E-state index in [-0.39, 0.29) is 6.42 Å². The van der Waals surface area contributed by atoms with E-state index in [2.05, 4.69) is 10.4 Å². The molecule has 2 rings (SSSR count). The van der Waals surface area contributed by atoms with Gasteiger partial charge in [-0.2, -0.15) is 5.10 Å². The van der Waals surface area contributed by atoms with Crippen LogP contribution in [-0.2, 0) is 16.0 Å². The molecule has 2 aromatic rings. The molecule has 0 aliphatic heterocycles. The number of nitrogens with zero attached hydrogens (tertiary/aromatic N) is 2. The minimum Gasteiger partial charge on any atom is -0.480 e. The van der Waals surface area contributed by atoms with Crippen LogP contribution in [0.1, 0.15) is 32.0 Å². The van der Waals surface area contributed by atoms with Gasteiger partial charge in [0.2, 0.25) is 0 Å². The maximum Gasteiger partial charge on any atom is 0.408 e. The van der Waals surface area contributed by atoms with Crippen LogP contribution in [0.2, 0.25) is 0 Å². The number of alkyl carbamates (subject to hydrolysis) is 1. The Hall–Kier alpha value is -2.83. The lowest BCUT2D eigenvalue weighted by molar-refractivity contribution is -0.139. The zero-order valence-electron chi connectivity index (χ0n) is 14.8. The topological polar surface area (TPSA) is 93.5 Å². The van der Waals surface area contributed by atoms with Gasteiger partial charge in [-0.15, -0.1) is 0 Å². The van der Waals surface area contributed by atoms with Crippen LogP contribution in [0.3, 0.4) is 0 Å². The van der Waals surface area contributed by atoms with Gasteiger partial charge in [0.05, 0.1) is 11.4 Å². The van der Waals surface area contributed by atoms with Crippen LogP contribution < -0.4 is 5.32 Å². The number of para-hydroxylation sites is 1. The standard InChI is InChI=1S/C18H23N3O4/c1-12-13(11-21(20-12)14-8-6-5-7-9-14)10-15(16(22)23)19-17(24)25-18(2,3)4/h5-9,11,15H,10H2,1-4H3,(H,19,24)(H,22,23). The highest BCUT2D eigenvalue weighted by atomic mass is 16.6. The average molecular weight is 345 g/mol. The predicted octanol–water partition coefficient (Wildman–Crippen LogP) is 2.70. The van der Waals surface area contributed by atoms with Crippen molar-refractivity contribution < 1.29 is 19.4 Å². The third kappa shape index (κ3) is 5.34. The highest BCUT2D eigenvalue weighted by molar-refractivity contribution is 5.80. The molecule has 25 heavy (non-hydrogen) atoms. The zero-order valence-corrected chi connectivity index (χ0v) is 14.8. The van der Waals surface area contributed by atoms with E-state index in [0.717, 1.165) is 11.3 Å². The van der Waals surface area contributed by atoms with E-state index in [1.165, 1.54) is 0 Å². The van der Waals surface area contributed by atoms with Gasteiger partial charge < -0.3 is 15.2 Å². The summed E-state index contributed by atoms with van der Waals surface area (Å²) < 4.78 is 6.82. The SMILES string of the molecule is Cc1nn(-c2ccccc2)cc1CC(NC(=O)OC(C)(C)C)C(=O)O. The molecule has 7 heteroatoms. The van der Waals surface area contributed by atoms with Crippen molar-refractivity contribution in [3.8, 4) is 5.69 Å². The van der Waals surface area contributed by atoms with E-state index in [0.29, 0.717) is 5.69 Å². The van der Waals surface area contributed by atoms with Crippen LogP contribution >= 0.6 is 0 Å². The van der Waals surface area contributed by atoms with E-state index in [1.54, 1.807) is 38.6 Å². The quantitative estimate of drug-likeness (QED) is 0.869. The van der Waals surface area contributed by atoms with Gasteiger partial charge in [-0.1, -0.05) is 18.2 Å². The number of rotatable bonds is 5. The normalized spacial score (nSPS) is 12.5. The number of nitrogens with one attached hydrogen (secondary N) is 1. The van der Waals surface area contributed by atoms with Crippen molar-refractivity contribution in [3.05, 3.63) is 47.8 Å². The summed E-state index contributed by atoms with van der Waals surface area (Å²) in [7, 11) is 0. The molecule has 1 aromatic carbocycles. The number of ether oxygens (including phenoxy) is 1. The average Bonchev–Trinajstić information content (AvgIpc) is 2.86. The first kappa shape index (κ1) is 18.5. The number of aromatic nitrogens is 2. The van der Waals surface area contributed by atoms with Crippen LogP contribution in [-0.4, -0.2) is 38.6 Å². The lowest BCUT2D eigenvalue weighted by Crippen LogP contribution is -2.44. The van der Waals surface area contributed by atoms with Crippen molar-refractivity contribution in [3.63, 3.8) is 0 Å². The fourth-order valence-corrected chi connectivity index (χ4v) is 2.28. The second kappa shape index (κ2) is 7.38. The molecule has 0 saturated heterocycles. The third-order valence-corrected chi connectivity index (χ3v) is 3.43. The molecule has 0 aliphatic rings. The van der Waals surface area contributed by atoms with Crippen molar-refractivity contribution in [1.82, 2.24) is 15.1 Å². The molecule has 2 N–H and O–H groups in total. The fourth-order valence-electron chi connectivity index (χ4n) is 2.28. The lowest BCUT2D eigenvalue weighted by atomic mass is 10.1. The second-order valence-corrected chi connectivity index (χ2v) is 6.76. The summed E-state index contributed by atoms with van der Waals surface area (Å²) in [5.74, 6) is -1.13. The Kier molecular flexibility index (Phi) is 5.46. The van der Waals surface area contributed by atoms with E-state index >= 15 is 0 Å². The van der Waals surface area contributed by atoms with Crippen molar-refractivity contribution in [2.24, 2.45) is 0 Å². The Morgan fingerprint density at radius 1 is 1.28 bits per heavy atom. The number of hydrogen-bond acceptors (Lipinski definition) is 4. The number of carboxylic acids is 1. The molecule has 1 unspecified atom stereocenters. The Morgan fingerprint density at radius 2 is 1.92 bits per heavy atom. The summed E-state index contributed by atoms with van der Waals surface area (Å²) in [6.07, 6.45) is 1.14. The summed E-state index contributed by atoms with van der Waals surface area (Å²) in [5.41, 5.74) is 1.64. The molecule has 0 bridgehead atoms. The highest BCUT2D eigenvalue weighted by Crippen LogP contribution is 2.14. The van der Waals surface area contributed by atoms with Crippen LogP contribution in [0.25, 0.3) is 5.69 Å². The van der Waals surface area contributed by atoms with Crippen molar-refractivity contribution in [2.75, 3.05) is 0 Å². The van der Waals surface area contributed by atoms with Crippen LogP contribution in [0, 0.1) is 6.92 Å². The zero-order chi connectivity index (χ0) is 18.6. The lowest BCUT2D eigenvalue weighted by Gasteiger charge is -2.21. The largest absolute Gasteiger partial charge is 0.480 e. The molecule has 0 saturated carbocycles. The Bertz CT molecular complexity index is 747. The molecule has 7 nitrogen and oxygen atoms in total. The minimum atomic E-state index is -1.13. The molecule has 1 atom stereocenters. The summed E-state index contributed by atoms with van der Waals surface area (Å²) in [4.78, 5) is 23.4. The summed E-state index contributed by atoms with van der Waals surface area (Å²) >= 11 is 0. The Balaban J connectivity index is 2.13. The second-order valence-electron chi connectivity index (χ2n) is 6.76. The molecule has 0 fully saturated rings. The molecule has 134 valence electrons. The van der Waals surface area contributed by atoms with Gasteiger partial charge in [-0.05, 0) is 45.4 Å². The maximum absolute atomic E-state index is 11.9. The monoisotopic (exact) mass is 345 g/mol. The van der Waals surface area contributed by atoms with Gasteiger partial charge in [0.15, 0.2) is 0 Å². The molecule has 0 radical (unpaired) electrons. The van der Waals surface area contributed by atoms with Crippen molar-refractivity contribution in [2.45, 2.75) is 45.8 Å². The van der Waals surface area contributed by atoms with Crippen LogP contribution in [0.5, 0.6) is 0 Å². The Morgan fingerprint density at radius 3 is 2.48 bits per heavy atom. The first-order valence-electron chi connectivity index (χ1n) is 7.98. The highest BCUT2D eigenvalue weighted by Gasteiger charge is 2.25. The van der Waals surface area contributed by atoms with Gasteiger partial charge >= 0.3 is 12.1 Å². The van der Waals surface area contributed by atoms with Gasteiger partial charge in [0, 0.05) is 12.6 Å². The summed E-state index contributed by atoms with van der Waals surface area (Å²) in [6.45, 7) is 6.96. The first-order chi connectivity index (χ1) is 11.7. The van der Waals surface area contributed by atoms with Crippen LogP contribution in [0.15, 0.2) is 36.5 Å². The Labute approximate surface area is 146 Å². The van der Waals surface area contributed by atoms with E-state index in [4.69, 9.17) is 4.74 Å². The number of aliphatic carboxylic acids is 1. The summed E-state index contributed by atoms with van der Waals surface area (Å²) in [5, 5.41) is 16.2. The number of carbonyl (C=O) groups is 2. The predicted molar refractivity (Wildman–Crippen MR) is 92.8 cm³/mol. The van der Waals surface area contributed by atoms with Gasteiger partial charge in [-0.25, -0.2) is 14.3 Å². The van der Waals surface area contributed by atoms with Crippen molar-refractivity contribution >= 4 is 12.1 Å². The smallest absolute Gasteiger partial charge is 0.408 e. The molecular weight excluding hydrogens is 322 g/mol. The fraction of sp³-hybridized carbons (Fsp3) is 0.389. The summed E-state index contributed by atoms with van der Waals surface area (Å²) in [6, 6.07) is 8.42. The number of amides is 1.